The van der Waals surface area contributed by atoms with E-state index >= 15 is 0 Å². The Morgan fingerprint density at radius 3 is 2.14 bits per heavy atom. The summed E-state index contributed by atoms with van der Waals surface area (Å²) >= 11 is 0. The van der Waals surface area contributed by atoms with Crippen molar-refractivity contribution in [3.63, 3.8) is 0 Å². The molecule has 0 spiro atoms. The Hall–Kier alpha value is -3.90. The first-order valence-corrected chi connectivity index (χ1v) is 9.01. The molecule has 0 aliphatic carbocycles. The summed E-state index contributed by atoms with van der Waals surface area (Å²) < 4.78 is 5.51. The van der Waals surface area contributed by atoms with Crippen molar-refractivity contribution in [1.82, 2.24) is 0 Å². The van der Waals surface area contributed by atoms with Crippen LogP contribution in [0.1, 0.15) is 11.1 Å². The monoisotopic (exact) mass is 363 g/mol. The van der Waals surface area contributed by atoms with Gasteiger partial charge < -0.3 is 4.74 Å². The number of carbonyl (C=O) groups is 1. The summed E-state index contributed by atoms with van der Waals surface area (Å²) in [5, 5.41) is 11.1. The van der Waals surface area contributed by atoms with E-state index in [-0.39, 0.29) is 12.4 Å². The van der Waals surface area contributed by atoms with E-state index in [1.54, 1.807) is 24.3 Å². The molecule has 0 radical (unpaired) electrons. The van der Waals surface area contributed by atoms with Crippen LogP contribution in [0.3, 0.4) is 0 Å². The summed E-state index contributed by atoms with van der Waals surface area (Å²) in [5.41, 5.74) is 3.59. The third kappa shape index (κ3) is 3.77. The van der Waals surface area contributed by atoms with E-state index in [0.29, 0.717) is 11.3 Å². The molecule has 3 nitrogen and oxygen atoms in total. The number of fused-ring (bicyclic) bond motifs is 1. The molecule has 28 heavy (non-hydrogen) atoms. The van der Waals surface area contributed by atoms with Gasteiger partial charge in [0.15, 0.2) is 0 Å². The Labute approximate surface area is 163 Å². The highest BCUT2D eigenvalue weighted by Crippen LogP contribution is 2.24. The van der Waals surface area contributed by atoms with Crippen LogP contribution in [-0.2, 0) is 11.2 Å². The van der Waals surface area contributed by atoms with Crippen LogP contribution in [0.2, 0.25) is 0 Å². The molecule has 4 aromatic carbocycles. The number of esters is 1. The van der Waals surface area contributed by atoms with E-state index in [0.717, 1.165) is 27.5 Å². The van der Waals surface area contributed by atoms with Gasteiger partial charge in [-0.2, -0.15) is 5.26 Å². The van der Waals surface area contributed by atoms with E-state index < -0.39 is 0 Å². The minimum atomic E-state index is -0.289. The number of nitrogens with zero attached hydrogens (tertiary/aromatic N) is 1. The quantitative estimate of drug-likeness (QED) is 0.354. The largest absolute Gasteiger partial charge is 0.426 e. The number of benzene rings is 4. The Bertz CT molecular complexity index is 1160. The summed E-state index contributed by atoms with van der Waals surface area (Å²) in [5.74, 6) is 0.227. The normalized spacial score (nSPS) is 10.4. The van der Waals surface area contributed by atoms with Crippen LogP contribution in [0.4, 0.5) is 0 Å². The molecule has 0 N–H and O–H groups in total. The zero-order valence-corrected chi connectivity index (χ0v) is 15.1. The maximum Gasteiger partial charge on any atom is 0.315 e. The topological polar surface area (TPSA) is 50.1 Å². The van der Waals surface area contributed by atoms with Crippen molar-refractivity contribution in [3.8, 4) is 22.9 Å². The van der Waals surface area contributed by atoms with Gasteiger partial charge in [0, 0.05) is 0 Å². The van der Waals surface area contributed by atoms with Gasteiger partial charge in [-0.15, -0.1) is 0 Å². The van der Waals surface area contributed by atoms with Gasteiger partial charge in [0.2, 0.25) is 0 Å². The minimum Gasteiger partial charge on any atom is -0.426 e. The van der Waals surface area contributed by atoms with Crippen molar-refractivity contribution in [1.29, 1.82) is 5.26 Å². The molecule has 0 aliphatic rings. The van der Waals surface area contributed by atoms with Crippen molar-refractivity contribution in [3.05, 3.63) is 102 Å². The van der Waals surface area contributed by atoms with E-state index in [1.807, 2.05) is 66.7 Å². The van der Waals surface area contributed by atoms with Crippen LogP contribution in [-0.4, -0.2) is 5.97 Å². The number of ether oxygens (including phenoxy) is 1. The Kier molecular flexibility index (Phi) is 4.86. The minimum absolute atomic E-state index is 0.221. The summed E-state index contributed by atoms with van der Waals surface area (Å²) in [6.07, 6.45) is 0.221. The average molecular weight is 363 g/mol. The Balaban J connectivity index is 1.46. The fraction of sp³-hybridized carbons (Fsp3) is 0.0400. The SMILES string of the molecule is N#Cc1ccc(-c2ccc(OC(=O)Cc3cccc4ccccc34)cc2)cc1. The zero-order chi connectivity index (χ0) is 19.3. The molecular weight excluding hydrogens is 346 g/mol. The van der Waals surface area contributed by atoms with Crippen molar-refractivity contribution in [2.24, 2.45) is 0 Å². The predicted octanol–water partition coefficient (Wildman–Crippen LogP) is 5.53. The lowest BCUT2D eigenvalue weighted by Gasteiger charge is -2.08. The Morgan fingerprint density at radius 2 is 1.43 bits per heavy atom. The van der Waals surface area contributed by atoms with Crippen LogP contribution in [0.15, 0.2) is 91.0 Å². The lowest BCUT2D eigenvalue weighted by atomic mass is 10.0. The first-order valence-electron chi connectivity index (χ1n) is 9.01. The maximum atomic E-state index is 12.4. The summed E-state index contributed by atoms with van der Waals surface area (Å²) in [7, 11) is 0. The molecule has 0 unspecified atom stereocenters. The highest BCUT2D eigenvalue weighted by molar-refractivity contribution is 5.89. The molecule has 0 aromatic heterocycles. The van der Waals surface area contributed by atoms with Crippen molar-refractivity contribution in [2.45, 2.75) is 6.42 Å². The number of rotatable bonds is 4. The number of nitriles is 1. The third-order valence-electron chi connectivity index (χ3n) is 4.65. The highest BCUT2D eigenvalue weighted by atomic mass is 16.5. The maximum absolute atomic E-state index is 12.4. The molecule has 0 aliphatic heterocycles. The first-order chi connectivity index (χ1) is 13.7. The fourth-order valence-electron chi connectivity index (χ4n) is 3.22. The smallest absolute Gasteiger partial charge is 0.315 e. The number of hydrogen-bond acceptors (Lipinski definition) is 3. The lowest BCUT2D eigenvalue weighted by Crippen LogP contribution is -2.11. The van der Waals surface area contributed by atoms with E-state index in [2.05, 4.69) is 6.07 Å². The molecule has 0 atom stereocenters. The molecular formula is C25H17NO2. The number of carbonyl (C=O) groups excluding carboxylic acids is 1. The molecule has 0 saturated heterocycles. The van der Waals surface area contributed by atoms with Gasteiger partial charge in [0.25, 0.3) is 0 Å². The highest BCUT2D eigenvalue weighted by Gasteiger charge is 2.09. The van der Waals surface area contributed by atoms with Crippen LogP contribution in [0.25, 0.3) is 21.9 Å². The van der Waals surface area contributed by atoms with Crippen molar-refractivity contribution < 1.29 is 9.53 Å². The molecule has 3 heteroatoms. The van der Waals surface area contributed by atoms with Crippen LogP contribution in [0.5, 0.6) is 5.75 Å². The van der Waals surface area contributed by atoms with Gasteiger partial charge in [0.05, 0.1) is 18.1 Å². The van der Waals surface area contributed by atoms with Crippen LogP contribution in [0, 0.1) is 11.3 Å². The standard InChI is InChI=1S/C25H17NO2/c26-17-18-8-10-19(11-9-18)20-12-14-23(15-13-20)28-25(27)16-22-6-3-5-21-4-1-2-7-24(21)22/h1-15H,16H2. The van der Waals surface area contributed by atoms with Gasteiger partial charge in [-0.1, -0.05) is 66.7 Å². The van der Waals surface area contributed by atoms with E-state index in [4.69, 9.17) is 10.00 Å². The van der Waals surface area contributed by atoms with E-state index in [9.17, 15) is 4.79 Å². The molecule has 0 bridgehead atoms. The van der Waals surface area contributed by atoms with Gasteiger partial charge >= 0.3 is 5.97 Å². The molecule has 4 rings (SSSR count). The molecule has 0 saturated carbocycles. The zero-order valence-electron chi connectivity index (χ0n) is 15.1. The molecule has 134 valence electrons. The molecule has 0 amide bonds. The van der Waals surface area contributed by atoms with Crippen molar-refractivity contribution >= 4 is 16.7 Å². The fourth-order valence-corrected chi connectivity index (χ4v) is 3.22. The van der Waals surface area contributed by atoms with E-state index in [1.165, 1.54) is 0 Å². The summed E-state index contributed by atoms with van der Waals surface area (Å²) in [4.78, 5) is 12.4. The summed E-state index contributed by atoms with van der Waals surface area (Å²) in [6.45, 7) is 0. The predicted molar refractivity (Wildman–Crippen MR) is 110 cm³/mol. The van der Waals surface area contributed by atoms with Gasteiger partial charge in [0.1, 0.15) is 5.75 Å². The van der Waals surface area contributed by atoms with Gasteiger partial charge in [-0.25, -0.2) is 0 Å². The van der Waals surface area contributed by atoms with Crippen LogP contribution < -0.4 is 4.74 Å². The van der Waals surface area contributed by atoms with Gasteiger partial charge in [-0.05, 0) is 51.7 Å². The lowest BCUT2D eigenvalue weighted by molar-refractivity contribution is -0.133. The second-order valence-electron chi connectivity index (χ2n) is 6.50. The second kappa shape index (κ2) is 7.77. The Morgan fingerprint density at radius 1 is 0.786 bits per heavy atom. The molecule has 0 fully saturated rings. The average Bonchev–Trinajstić information content (AvgIpc) is 2.75. The second-order valence-corrected chi connectivity index (χ2v) is 6.50. The third-order valence-corrected chi connectivity index (χ3v) is 4.65. The van der Waals surface area contributed by atoms with Crippen molar-refractivity contribution in [2.75, 3.05) is 0 Å². The molecule has 4 aromatic rings. The first kappa shape index (κ1) is 17.5. The van der Waals surface area contributed by atoms with Crippen LogP contribution >= 0.6 is 0 Å². The summed E-state index contributed by atoms with van der Waals surface area (Å²) in [6, 6.07) is 30.8. The molecule has 0 heterocycles. The number of hydrogen-bond donors (Lipinski definition) is 0. The van der Waals surface area contributed by atoms with Gasteiger partial charge in [-0.3, -0.25) is 4.79 Å².